The number of rotatable bonds is 8. The van der Waals surface area contributed by atoms with Gasteiger partial charge in [0.2, 0.25) is 5.91 Å². The van der Waals surface area contributed by atoms with E-state index in [2.05, 4.69) is 69.5 Å². The Morgan fingerprint density at radius 1 is 1.07 bits per heavy atom. The molecule has 0 bridgehead atoms. The van der Waals surface area contributed by atoms with Crippen LogP contribution >= 0.6 is 15.9 Å². The highest BCUT2D eigenvalue weighted by Gasteiger charge is 2.24. The van der Waals surface area contributed by atoms with Crippen LogP contribution in [-0.4, -0.2) is 37.0 Å². The van der Waals surface area contributed by atoms with Gasteiger partial charge in [0, 0.05) is 16.9 Å². The molecule has 150 valence electrons. The lowest BCUT2D eigenvalue weighted by molar-refractivity contribution is -0.126. The van der Waals surface area contributed by atoms with Gasteiger partial charge in [0.05, 0.1) is 6.54 Å². The Labute approximate surface area is 176 Å². The molecule has 2 aromatic carbocycles. The number of carbonyl (C=O) groups is 1. The number of halogens is 1. The Balaban J connectivity index is 1.32. The molecular weight excluding hydrogens is 416 g/mol. The molecular formula is C23H29BrN2O2. The number of hydrogen-bond acceptors (Lipinski definition) is 3. The summed E-state index contributed by atoms with van der Waals surface area (Å²) in [7, 11) is 0. The fourth-order valence-corrected chi connectivity index (χ4v) is 3.77. The molecule has 3 rings (SSSR count). The van der Waals surface area contributed by atoms with Crippen LogP contribution in [0.15, 0.2) is 53.0 Å². The molecule has 0 saturated carbocycles. The summed E-state index contributed by atoms with van der Waals surface area (Å²) in [6.45, 7) is 6.07. The minimum absolute atomic E-state index is 0.116. The molecule has 1 aliphatic heterocycles. The monoisotopic (exact) mass is 444 g/mol. The van der Waals surface area contributed by atoms with Gasteiger partial charge in [0.1, 0.15) is 12.4 Å². The lowest BCUT2D eigenvalue weighted by Crippen LogP contribution is -2.41. The maximum absolute atomic E-state index is 12.4. The number of likely N-dealkylation sites (tertiary alicyclic amines) is 1. The third kappa shape index (κ3) is 6.35. The number of piperidine rings is 1. The summed E-state index contributed by atoms with van der Waals surface area (Å²) in [5.74, 6) is 1.13. The average molecular weight is 445 g/mol. The Hall–Kier alpha value is -1.85. The van der Waals surface area contributed by atoms with Crippen LogP contribution in [0, 0.1) is 5.92 Å². The van der Waals surface area contributed by atoms with E-state index in [0.29, 0.717) is 13.2 Å². The first-order valence-electron chi connectivity index (χ1n) is 10.1. The van der Waals surface area contributed by atoms with E-state index in [1.807, 2.05) is 12.1 Å². The predicted molar refractivity (Wildman–Crippen MR) is 116 cm³/mol. The van der Waals surface area contributed by atoms with Crippen LogP contribution in [0.25, 0.3) is 0 Å². The van der Waals surface area contributed by atoms with Gasteiger partial charge in [-0.3, -0.25) is 9.69 Å². The summed E-state index contributed by atoms with van der Waals surface area (Å²) >= 11 is 3.47. The molecule has 1 amide bonds. The Kier molecular flexibility index (Phi) is 7.92. The largest absolute Gasteiger partial charge is 0.492 e. The lowest BCUT2D eigenvalue weighted by Gasteiger charge is -2.31. The zero-order valence-corrected chi connectivity index (χ0v) is 18.1. The van der Waals surface area contributed by atoms with Crippen molar-refractivity contribution in [3.8, 4) is 5.75 Å². The van der Waals surface area contributed by atoms with E-state index in [4.69, 9.17) is 4.74 Å². The third-order valence-electron chi connectivity index (χ3n) is 5.28. The molecule has 0 atom stereocenters. The highest BCUT2D eigenvalue weighted by atomic mass is 79.9. The number of hydrogen-bond donors (Lipinski definition) is 1. The van der Waals surface area contributed by atoms with Gasteiger partial charge in [0.25, 0.3) is 0 Å². The fraction of sp³-hybridized carbons (Fsp3) is 0.435. The van der Waals surface area contributed by atoms with Crippen molar-refractivity contribution in [1.82, 2.24) is 10.2 Å². The molecule has 28 heavy (non-hydrogen) atoms. The molecule has 0 aliphatic carbocycles. The second kappa shape index (κ2) is 10.6. The Bertz CT molecular complexity index is 738. The van der Waals surface area contributed by atoms with Crippen molar-refractivity contribution < 1.29 is 9.53 Å². The number of amides is 1. The number of ether oxygens (including phenoxy) is 1. The minimum atomic E-state index is 0.116. The van der Waals surface area contributed by atoms with E-state index in [1.54, 1.807) is 0 Å². The summed E-state index contributed by atoms with van der Waals surface area (Å²) in [5, 5.41) is 3.03. The van der Waals surface area contributed by atoms with Crippen LogP contribution in [0.2, 0.25) is 0 Å². The first-order valence-corrected chi connectivity index (χ1v) is 10.9. The molecule has 0 radical (unpaired) electrons. The van der Waals surface area contributed by atoms with Crippen molar-refractivity contribution in [2.45, 2.75) is 32.7 Å². The summed E-state index contributed by atoms with van der Waals surface area (Å²) in [6.07, 6.45) is 2.86. The Morgan fingerprint density at radius 3 is 2.36 bits per heavy atom. The molecule has 2 aromatic rings. The molecule has 1 fully saturated rings. The van der Waals surface area contributed by atoms with Crippen molar-refractivity contribution in [3.05, 3.63) is 64.1 Å². The lowest BCUT2D eigenvalue weighted by atomic mass is 9.95. The number of carbonyl (C=O) groups excluding carboxylic acids is 1. The SMILES string of the molecule is CCc1ccc(OCCNC(=O)C2CCN(Cc3ccc(Br)cc3)CC2)cc1. The summed E-state index contributed by atoms with van der Waals surface area (Å²) in [5.41, 5.74) is 2.61. The van der Waals surface area contributed by atoms with Gasteiger partial charge >= 0.3 is 0 Å². The van der Waals surface area contributed by atoms with Crippen molar-refractivity contribution in [2.24, 2.45) is 5.92 Å². The second-order valence-corrected chi connectivity index (χ2v) is 8.23. The molecule has 0 unspecified atom stereocenters. The third-order valence-corrected chi connectivity index (χ3v) is 5.81. The van der Waals surface area contributed by atoms with E-state index in [0.717, 1.165) is 49.1 Å². The molecule has 1 saturated heterocycles. The highest BCUT2D eigenvalue weighted by molar-refractivity contribution is 9.10. The average Bonchev–Trinajstić information content (AvgIpc) is 2.73. The van der Waals surface area contributed by atoms with Crippen LogP contribution in [0.3, 0.4) is 0 Å². The zero-order valence-electron chi connectivity index (χ0n) is 16.5. The number of aryl methyl sites for hydroxylation is 1. The molecule has 0 aromatic heterocycles. The van der Waals surface area contributed by atoms with Crippen LogP contribution in [0.1, 0.15) is 30.9 Å². The van der Waals surface area contributed by atoms with Gasteiger partial charge in [-0.15, -0.1) is 0 Å². The van der Waals surface area contributed by atoms with Gasteiger partial charge < -0.3 is 10.1 Å². The topological polar surface area (TPSA) is 41.6 Å². The molecule has 5 heteroatoms. The van der Waals surface area contributed by atoms with E-state index < -0.39 is 0 Å². The highest BCUT2D eigenvalue weighted by Crippen LogP contribution is 2.20. The quantitative estimate of drug-likeness (QED) is 0.612. The fourth-order valence-electron chi connectivity index (χ4n) is 3.51. The second-order valence-electron chi connectivity index (χ2n) is 7.31. The van der Waals surface area contributed by atoms with E-state index in [9.17, 15) is 4.79 Å². The molecule has 1 aliphatic rings. The van der Waals surface area contributed by atoms with Crippen LogP contribution in [0.4, 0.5) is 0 Å². The molecule has 0 spiro atoms. The van der Waals surface area contributed by atoms with Gasteiger partial charge in [-0.25, -0.2) is 0 Å². The van der Waals surface area contributed by atoms with Crippen molar-refractivity contribution >= 4 is 21.8 Å². The van der Waals surface area contributed by atoms with E-state index in [1.165, 1.54) is 11.1 Å². The molecule has 1 N–H and O–H groups in total. The van der Waals surface area contributed by atoms with E-state index in [-0.39, 0.29) is 11.8 Å². The van der Waals surface area contributed by atoms with Crippen LogP contribution < -0.4 is 10.1 Å². The zero-order chi connectivity index (χ0) is 19.8. The van der Waals surface area contributed by atoms with Gasteiger partial charge in [-0.2, -0.15) is 0 Å². The first-order chi connectivity index (χ1) is 13.6. The van der Waals surface area contributed by atoms with Crippen molar-refractivity contribution in [3.63, 3.8) is 0 Å². The summed E-state index contributed by atoms with van der Waals surface area (Å²) in [4.78, 5) is 14.8. The molecule has 4 nitrogen and oxygen atoms in total. The van der Waals surface area contributed by atoms with Crippen molar-refractivity contribution in [1.29, 1.82) is 0 Å². The number of benzene rings is 2. The summed E-state index contributed by atoms with van der Waals surface area (Å²) < 4.78 is 6.81. The number of nitrogens with one attached hydrogen (secondary N) is 1. The standard InChI is InChI=1S/C23H29BrN2O2/c1-2-18-5-9-22(10-6-18)28-16-13-25-23(27)20-11-14-26(15-12-20)17-19-3-7-21(24)8-4-19/h3-10,20H,2,11-17H2,1H3,(H,25,27). The van der Waals surface area contributed by atoms with Gasteiger partial charge in [0.15, 0.2) is 0 Å². The maximum atomic E-state index is 12.4. The van der Waals surface area contributed by atoms with Gasteiger partial charge in [-0.05, 0) is 67.7 Å². The van der Waals surface area contributed by atoms with Gasteiger partial charge in [-0.1, -0.05) is 47.1 Å². The van der Waals surface area contributed by atoms with Crippen LogP contribution in [-0.2, 0) is 17.8 Å². The van der Waals surface area contributed by atoms with Crippen molar-refractivity contribution in [2.75, 3.05) is 26.2 Å². The predicted octanol–water partition coefficient (Wildman–Crippen LogP) is 4.42. The maximum Gasteiger partial charge on any atom is 0.223 e. The molecule has 1 heterocycles. The first kappa shape index (κ1) is 20.9. The van der Waals surface area contributed by atoms with E-state index >= 15 is 0 Å². The van der Waals surface area contributed by atoms with Crippen LogP contribution in [0.5, 0.6) is 5.75 Å². The minimum Gasteiger partial charge on any atom is -0.492 e. The summed E-state index contributed by atoms with van der Waals surface area (Å²) in [6, 6.07) is 16.6. The normalized spacial score (nSPS) is 15.4. The number of nitrogens with zero attached hydrogens (tertiary/aromatic N) is 1. The smallest absolute Gasteiger partial charge is 0.223 e. The Morgan fingerprint density at radius 2 is 1.71 bits per heavy atom.